The molecule has 0 fully saturated rings. The largest absolute Gasteiger partial charge is 0.497 e. The summed E-state index contributed by atoms with van der Waals surface area (Å²) in [4.78, 5) is 0. The molecule has 1 aromatic rings. The van der Waals surface area contributed by atoms with Crippen LogP contribution in [0.1, 0.15) is 38.3 Å². The van der Waals surface area contributed by atoms with Crippen LogP contribution in [-0.4, -0.2) is 34.0 Å². The van der Waals surface area contributed by atoms with Gasteiger partial charge in [-0.15, -0.1) is 0 Å². The zero-order valence-corrected chi connectivity index (χ0v) is 13.1. The molecule has 1 aromatic carbocycles. The molecule has 0 aliphatic rings. The molecule has 20 heavy (non-hydrogen) atoms. The molecular formula is C16H27NO3. The molecular weight excluding hydrogens is 254 g/mol. The van der Waals surface area contributed by atoms with E-state index < -0.39 is 0 Å². The molecule has 0 aliphatic heterocycles. The van der Waals surface area contributed by atoms with Gasteiger partial charge in [0.25, 0.3) is 0 Å². The van der Waals surface area contributed by atoms with E-state index in [0.717, 1.165) is 43.2 Å². The Morgan fingerprint density at radius 1 is 1.15 bits per heavy atom. The number of nitrogens with one attached hydrogen (secondary N) is 1. The summed E-state index contributed by atoms with van der Waals surface area (Å²) in [5, 5.41) is 3.44. The van der Waals surface area contributed by atoms with Crippen molar-refractivity contribution >= 4 is 0 Å². The number of hydrogen-bond acceptors (Lipinski definition) is 4. The van der Waals surface area contributed by atoms with Crippen molar-refractivity contribution in [3.8, 4) is 11.5 Å². The summed E-state index contributed by atoms with van der Waals surface area (Å²) in [5.74, 6) is 1.65. The van der Waals surface area contributed by atoms with Crippen molar-refractivity contribution in [3.05, 3.63) is 23.8 Å². The van der Waals surface area contributed by atoms with E-state index in [9.17, 15) is 0 Å². The molecule has 1 atom stereocenters. The van der Waals surface area contributed by atoms with Crippen molar-refractivity contribution in [2.45, 2.75) is 32.7 Å². The van der Waals surface area contributed by atoms with Gasteiger partial charge in [-0.1, -0.05) is 19.4 Å². The predicted molar refractivity (Wildman–Crippen MR) is 81.7 cm³/mol. The number of rotatable bonds is 10. The second-order valence-electron chi connectivity index (χ2n) is 4.75. The van der Waals surface area contributed by atoms with E-state index >= 15 is 0 Å². The second-order valence-corrected chi connectivity index (χ2v) is 4.75. The molecule has 0 amide bonds. The average Bonchev–Trinajstić information content (AvgIpc) is 2.49. The molecule has 0 spiro atoms. The molecule has 1 rings (SSSR count). The van der Waals surface area contributed by atoms with Crippen LogP contribution < -0.4 is 14.8 Å². The van der Waals surface area contributed by atoms with Crippen molar-refractivity contribution < 1.29 is 14.2 Å². The summed E-state index contributed by atoms with van der Waals surface area (Å²) >= 11 is 0. The van der Waals surface area contributed by atoms with Crippen LogP contribution in [0.15, 0.2) is 18.2 Å². The number of unbranched alkanes of at least 4 members (excludes halogenated alkanes) is 1. The summed E-state index contributed by atoms with van der Waals surface area (Å²) in [5.41, 5.74) is 1.13. The lowest BCUT2D eigenvalue weighted by atomic mass is 10.1. The fourth-order valence-electron chi connectivity index (χ4n) is 1.98. The van der Waals surface area contributed by atoms with Crippen LogP contribution in [0.3, 0.4) is 0 Å². The summed E-state index contributed by atoms with van der Waals surface area (Å²) in [6.07, 6.45) is 2.30. The molecule has 0 saturated carbocycles. The Bertz CT molecular complexity index is 382. The first-order chi connectivity index (χ1) is 9.72. The highest BCUT2D eigenvalue weighted by molar-refractivity contribution is 5.42. The van der Waals surface area contributed by atoms with Crippen LogP contribution in [0.2, 0.25) is 0 Å². The van der Waals surface area contributed by atoms with Crippen molar-refractivity contribution in [2.75, 3.05) is 34.0 Å². The third-order valence-corrected chi connectivity index (χ3v) is 3.25. The van der Waals surface area contributed by atoms with E-state index in [2.05, 4.69) is 19.2 Å². The molecule has 114 valence electrons. The highest BCUT2D eigenvalue weighted by Gasteiger charge is 2.11. The minimum absolute atomic E-state index is 0.214. The van der Waals surface area contributed by atoms with Gasteiger partial charge in [0, 0.05) is 30.8 Å². The first-order valence-corrected chi connectivity index (χ1v) is 7.26. The van der Waals surface area contributed by atoms with Gasteiger partial charge >= 0.3 is 0 Å². The first-order valence-electron chi connectivity index (χ1n) is 7.26. The van der Waals surface area contributed by atoms with E-state index in [0.29, 0.717) is 0 Å². The Morgan fingerprint density at radius 2 is 1.95 bits per heavy atom. The second kappa shape index (κ2) is 9.61. The van der Waals surface area contributed by atoms with Crippen LogP contribution in [0, 0.1) is 0 Å². The van der Waals surface area contributed by atoms with Gasteiger partial charge in [0.15, 0.2) is 0 Å². The topological polar surface area (TPSA) is 39.7 Å². The molecule has 4 heteroatoms. The van der Waals surface area contributed by atoms with E-state index in [-0.39, 0.29) is 6.04 Å². The minimum Gasteiger partial charge on any atom is -0.497 e. The van der Waals surface area contributed by atoms with Crippen LogP contribution in [0.4, 0.5) is 0 Å². The van der Waals surface area contributed by atoms with Crippen LogP contribution >= 0.6 is 0 Å². The first kappa shape index (κ1) is 16.8. The van der Waals surface area contributed by atoms with Gasteiger partial charge in [-0.2, -0.15) is 0 Å². The molecule has 4 nitrogen and oxygen atoms in total. The number of methoxy groups -OCH3 is 2. The third-order valence-electron chi connectivity index (χ3n) is 3.25. The van der Waals surface area contributed by atoms with Gasteiger partial charge in [0.05, 0.1) is 20.8 Å². The maximum atomic E-state index is 5.54. The van der Waals surface area contributed by atoms with Gasteiger partial charge in [-0.25, -0.2) is 0 Å². The summed E-state index contributed by atoms with van der Waals surface area (Å²) in [7, 11) is 3.34. The molecule has 0 aliphatic carbocycles. The Labute approximate surface area is 122 Å². The molecule has 1 N–H and O–H groups in total. The van der Waals surface area contributed by atoms with E-state index in [1.165, 1.54) is 6.42 Å². The average molecular weight is 281 g/mol. The lowest BCUT2D eigenvalue weighted by Gasteiger charge is -2.18. The van der Waals surface area contributed by atoms with E-state index in [4.69, 9.17) is 14.2 Å². The smallest absolute Gasteiger partial charge is 0.127 e. The van der Waals surface area contributed by atoms with Crippen LogP contribution in [-0.2, 0) is 4.74 Å². The zero-order chi connectivity index (χ0) is 14.8. The third kappa shape index (κ3) is 5.39. The highest BCUT2D eigenvalue weighted by Crippen LogP contribution is 2.29. The van der Waals surface area contributed by atoms with Gasteiger partial charge < -0.3 is 19.5 Å². The Balaban J connectivity index is 2.44. The lowest BCUT2D eigenvalue weighted by molar-refractivity contribution is 0.131. The van der Waals surface area contributed by atoms with Crippen LogP contribution in [0.5, 0.6) is 11.5 Å². The lowest BCUT2D eigenvalue weighted by Crippen LogP contribution is -2.23. The molecule has 1 unspecified atom stereocenters. The molecule has 0 aromatic heterocycles. The van der Waals surface area contributed by atoms with Gasteiger partial charge in [-0.3, -0.25) is 0 Å². The number of benzene rings is 1. The van der Waals surface area contributed by atoms with Gasteiger partial charge in [0.1, 0.15) is 11.5 Å². The van der Waals surface area contributed by atoms with Crippen molar-refractivity contribution in [3.63, 3.8) is 0 Å². The summed E-state index contributed by atoms with van der Waals surface area (Å²) < 4.78 is 16.2. The van der Waals surface area contributed by atoms with Crippen molar-refractivity contribution in [2.24, 2.45) is 0 Å². The minimum atomic E-state index is 0.214. The Morgan fingerprint density at radius 3 is 2.60 bits per heavy atom. The SMILES string of the molecule is CCCCOCCNC(C)c1ccc(OC)cc1OC. The summed E-state index contributed by atoms with van der Waals surface area (Å²) in [6.45, 7) is 6.71. The fraction of sp³-hybridized carbons (Fsp3) is 0.625. The normalized spacial score (nSPS) is 12.2. The van der Waals surface area contributed by atoms with Crippen molar-refractivity contribution in [1.29, 1.82) is 0 Å². The Kier molecular flexibility index (Phi) is 8.07. The summed E-state index contributed by atoms with van der Waals surface area (Å²) in [6, 6.07) is 6.11. The highest BCUT2D eigenvalue weighted by atomic mass is 16.5. The maximum absolute atomic E-state index is 5.54. The Hall–Kier alpha value is -1.26. The quantitative estimate of drug-likeness (QED) is 0.669. The predicted octanol–water partition coefficient (Wildman–Crippen LogP) is 3.17. The zero-order valence-electron chi connectivity index (χ0n) is 13.1. The monoisotopic (exact) mass is 281 g/mol. The van der Waals surface area contributed by atoms with E-state index in [1.54, 1.807) is 14.2 Å². The fourth-order valence-corrected chi connectivity index (χ4v) is 1.98. The molecule has 0 saturated heterocycles. The molecule has 0 heterocycles. The van der Waals surface area contributed by atoms with Gasteiger partial charge in [0.2, 0.25) is 0 Å². The van der Waals surface area contributed by atoms with E-state index in [1.807, 2.05) is 18.2 Å². The standard InChI is InChI=1S/C16H27NO3/c1-5-6-10-20-11-9-17-13(2)15-8-7-14(18-3)12-16(15)19-4/h7-8,12-13,17H,5-6,9-11H2,1-4H3. The van der Waals surface area contributed by atoms with Gasteiger partial charge in [-0.05, 0) is 19.4 Å². The maximum Gasteiger partial charge on any atom is 0.127 e. The number of ether oxygens (including phenoxy) is 3. The molecule has 0 bridgehead atoms. The molecule has 0 radical (unpaired) electrons. The number of hydrogen-bond donors (Lipinski definition) is 1. The van der Waals surface area contributed by atoms with Crippen molar-refractivity contribution in [1.82, 2.24) is 5.32 Å². The van der Waals surface area contributed by atoms with Crippen LogP contribution in [0.25, 0.3) is 0 Å².